The summed E-state index contributed by atoms with van der Waals surface area (Å²) in [4.78, 5) is 0. The molecule has 0 amide bonds. The number of hydrogen-bond acceptors (Lipinski definition) is 4. The maximum absolute atomic E-state index is 14.1. The zero-order valence-corrected chi connectivity index (χ0v) is 14.1. The number of rotatable bonds is 4. The van der Waals surface area contributed by atoms with Crippen LogP contribution in [0.15, 0.2) is 53.6 Å². The molecule has 126 valence electrons. The van der Waals surface area contributed by atoms with Crippen LogP contribution >= 0.6 is 0 Å². The molecule has 2 aromatic carbocycles. The summed E-state index contributed by atoms with van der Waals surface area (Å²) in [6, 6.07) is 12.7. The molecule has 3 rings (SSSR count). The number of ether oxygens (including phenoxy) is 1. The average molecular weight is 348 g/mol. The van der Waals surface area contributed by atoms with Crippen LogP contribution in [0.25, 0.3) is 0 Å². The van der Waals surface area contributed by atoms with Gasteiger partial charge in [-0.05, 0) is 35.9 Å². The zero-order chi connectivity index (χ0) is 17.3. The third-order valence-electron chi connectivity index (χ3n) is 3.90. The molecular weight excluding hydrogens is 331 g/mol. The molecule has 1 heterocycles. The highest BCUT2D eigenvalue weighted by Gasteiger charge is 2.35. The van der Waals surface area contributed by atoms with Gasteiger partial charge in [0.1, 0.15) is 11.6 Å². The Hall–Kier alpha value is -2.41. The lowest BCUT2D eigenvalue weighted by Gasteiger charge is -2.21. The minimum absolute atomic E-state index is 0.306. The smallest absolute Gasteiger partial charge is 0.247 e. The van der Waals surface area contributed by atoms with Gasteiger partial charge >= 0.3 is 0 Å². The first kappa shape index (κ1) is 16.4. The zero-order valence-electron chi connectivity index (χ0n) is 13.3. The van der Waals surface area contributed by atoms with Gasteiger partial charge in [0.05, 0.1) is 25.1 Å². The fraction of sp³-hybridized carbons (Fsp3) is 0.235. The first-order chi connectivity index (χ1) is 11.4. The van der Waals surface area contributed by atoms with Crippen LogP contribution in [0.2, 0.25) is 0 Å². The summed E-state index contributed by atoms with van der Waals surface area (Å²) in [5.74, 6) is 0.255. The Morgan fingerprint density at radius 2 is 1.83 bits per heavy atom. The summed E-state index contributed by atoms with van der Waals surface area (Å²) in [5.41, 5.74) is 1.69. The first-order valence-electron chi connectivity index (χ1n) is 7.36. The monoisotopic (exact) mass is 348 g/mol. The fourth-order valence-corrected chi connectivity index (χ4v) is 3.63. The Kier molecular flexibility index (Phi) is 4.28. The van der Waals surface area contributed by atoms with Crippen molar-refractivity contribution in [1.29, 1.82) is 0 Å². The van der Waals surface area contributed by atoms with Gasteiger partial charge in [-0.15, -0.1) is 0 Å². The van der Waals surface area contributed by atoms with Gasteiger partial charge < -0.3 is 4.74 Å². The minimum atomic E-state index is -3.62. The largest absolute Gasteiger partial charge is 0.497 e. The predicted octanol–water partition coefficient (Wildman–Crippen LogP) is 2.95. The van der Waals surface area contributed by atoms with E-state index >= 15 is 0 Å². The van der Waals surface area contributed by atoms with Crippen molar-refractivity contribution in [2.24, 2.45) is 5.10 Å². The molecule has 0 aromatic heterocycles. The fourth-order valence-electron chi connectivity index (χ4n) is 2.73. The lowest BCUT2D eigenvalue weighted by atomic mass is 9.99. The third kappa shape index (κ3) is 3.12. The van der Waals surface area contributed by atoms with Crippen molar-refractivity contribution in [2.75, 3.05) is 13.4 Å². The summed E-state index contributed by atoms with van der Waals surface area (Å²) in [7, 11) is -2.04. The molecule has 7 heteroatoms. The highest BCUT2D eigenvalue weighted by Crippen LogP contribution is 2.35. The summed E-state index contributed by atoms with van der Waals surface area (Å²) in [5, 5.41) is 4.24. The Labute approximate surface area is 140 Å². The molecule has 0 radical (unpaired) electrons. The van der Waals surface area contributed by atoms with Gasteiger partial charge in [0, 0.05) is 12.0 Å². The van der Waals surface area contributed by atoms with Crippen molar-refractivity contribution in [3.63, 3.8) is 0 Å². The average Bonchev–Trinajstić information content (AvgIpc) is 3.01. The van der Waals surface area contributed by atoms with Crippen molar-refractivity contribution < 1.29 is 17.5 Å². The van der Waals surface area contributed by atoms with Gasteiger partial charge in [-0.25, -0.2) is 12.8 Å². The van der Waals surface area contributed by atoms with E-state index in [1.807, 2.05) is 12.1 Å². The lowest BCUT2D eigenvalue weighted by Crippen LogP contribution is -2.26. The quantitative estimate of drug-likeness (QED) is 0.853. The molecule has 0 spiro atoms. The Balaban J connectivity index is 2.00. The van der Waals surface area contributed by atoms with E-state index in [-0.39, 0.29) is 0 Å². The lowest BCUT2D eigenvalue weighted by molar-refractivity contribution is 0.365. The van der Waals surface area contributed by atoms with Crippen molar-refractivity contribution in [3.8, 4) is 5.75 Å². The van der Waals surface area contributed by atoms with Gasteiger partial charge in [0.15, 0.2) is 0 Å². The number of hydrogen-bond donors (Lipinski definition) is 0. The summed E-state index contributed by atoms with van der Waals surface area (Å²) in [6.45, 7) is 0. The molecule has 1 aliphatic heterocycles. The SMILES string of the molecule is COc1ccc(C2=NN(S(C)(=O)=O)C(c3ccccc3F)C2)cc1. The van der Waals surface area contributed by atoms with Crippen LogP contribution in [0.1, 0.15) is 23.6 Å². The number of sulfonamides is 1. The highest BCUT2D eigenvalue weighted by molar-refractivity contribution is 7.88. The highest BCUT2D eigenvalue weighted by atomic mass is 32.2. The maximum atomic E-state index is 14.1. The number of benzene rings is 2. The molecule has 0 N–H and O–H groups in total. The van der Waals surface area contributed by atoms with Crippen LogP contribution < -0.4 is 4.74 Å². The number of methoxy groups -OCH3 is 1. The Morgan fingerprint density at radius 3 is 2.42 bits per heavy atom. The Morgan fingerprint density at radius 1 is 1.17 bits per heavy atom. The first-order valence-corrected chi connectivity index (χ1v) is 9.20. The molecule has 1 atom stereocenters. The molecule has 0 saturated heterocycles. The molecule has 24 heavy (non-hydrogen) atoms. The molecule has 0 saturated carbocycles. The van der Waals surface area contributed by atoms with Crippen LogP contribution in [-0.2, 0) is 10.0 Å². The third-order valence-corrected chi connectivity index (χ3v) is 4.92. The standard InChI is InChI=1S/C17H17FN2O3S/c1-23-13-9-7-12(8-10-13)16-11-17(20(19-16)24(2,21)22)14-5-3-4-6-15(14)18/h3-10,17H,11H2,1-2H3. The number of hydrazone groups is 1. The van der Waals surface area contributed by atoms with E-state index in [2.05, 4.69) is 5.10 Å². The summed E-state index contributed by atoms with van der Waals surface area (Å²) in [6.07, 6.45) is 1.38. The number of nitrogens with zero attached hydrogens (tertiary/aromatic N) is 2. The van der Waals surface area contributed by atoms with Crippen molar-refractivity contribution in [2.45, 2.75) is 12.5 Å². The second-order valence-corrected chi connectivity index (χ2v) is 7.39. The van der Waals surface area contributed by atoms with E-state index in [0.717, 1.165) is 16.2 Å². The van der Waals surface area contributed by atoms with Crippen molar-refractivity contribution in [3.05, 3.63) is 65.5 Å². The van der Waals surface area contributed by atoms with Gasteiger partial charge in [-0.3, -0.25) is 0 Å². The second kappa shape index (κ2) is 6.24. The van der Waals surface area contributed by atoms with Gasteiger partial charge in [0.2, 0.25) is 10.0 Å². The van der Waals surface area contributed by atoms with E-state index in [1.165, 1.54) is 6.07 Å². The molecule has 0 fully saturated rings. The maximum Gasteiger partial charge on any atom is 0.247 e. The predicted molar refractivity (Wildman–Crippen MR) is 90.0 cm³/mol. The molecule has 1 unspecified atom stereocenters. The number of halogens is 1. The molecule has 2 aromatic rings. The van der Waals surface area contributed by atoms with Crippen LogP contribution in [0.5, 0.6) is 5.75 Å². The van der Waals surface area contributed by atoms with Gasteiger partial charge in [-0.1, -0.05) is 18.2 Å². The normalized spacial score (nSPS) is 17.7. The van der Waals surface area contributed by atoms with E-state index < -0.39 is 21.9 Å². The van der Waals surface area contributed by atoms with E-state index in [4.69, 9.17) is 4.74 Å². The molecule has 0 bridgehead atoms. The molecular formula is C17H17FN2O3S. The molecule has 0 aliphatic carbocycles. The van der Waals surface area contributed by atoms with Crippen LogP contribution in [0.4, 0.5) is 4.39 Å². The summed E-state index contributed by atoms with van der Waals surface area (Å²) >= 11 is 0. The van der Waals surface area contributed by atoms with Gasteiger partial charge in [-0.2, -0.15) is 9.52 Å². The molecule has 1 aliphatic rings. The molecule has 5 nitrogen and oxygen atoms in total. The van der Waals surface area contributed by atoms with E-state index in [0.29, 0.717) is 23.4 Å². The van der Waals surface area contributed by atoms with Gasteiger partial charge in [0.25, 0.3) is 0 Å². The second-order valence-electron chi connectivity index (χ2n) is 5.55. The van der Waals surface area contributed by atoms with E-state index in [1.54, 1.807) is 37.4 Å². The van der Waals surface area contributed by atoms with Crippen LogP contribution in [0.3, 0.4) is 0 Å². The van der Waals surface area contributed by atoms with Crippen molar-refractivity contribution in [1.82, 2.24) is 4.41 Å². The Bertz CT molecular complexity index is 879. The summed E-state index contributed by atoms with van der Waals surface area (Å²) < 4.78 is 44.4. The van der Waals surface area contributed by atoms with Crippen LogP contribution in [-0.4, -0.2) is 31.9 Å². The minimum Gasteiger partial charge on any atom is -0.497 e. The van der Waals surface area contributed by atoms with Crippen LogP contribution in [0, 0.1) is 5.82 Å². The van der Waals surface area contributed by atoms with Crippen molar-refractivity contribution >= 4 is 15.7 Å². The topological polar surface area (TPSA) is 59.0 Å². The van der Waals surface area contributed by atoms with E-state index in [9.17, 15) is 12.8 Å².